The van der Waals surface area contributed by atoms with Crippen LogP contribution in [-0.2, 0) is 20.8 Å². The van der Waals surface area contributed by atoms with E-state index in [1.807, 2.05) is 37.3 Å². The predicted molar refractivity (Wildman–Crippen MR) is 111 cm³/mol. The Morgan fingerprint density at radius 3 is 2.86 bits per heavy atom. The number of carbonyl (C=O) groups is 1. The van der Waals surface area contributed by atoms with E-state index in [4.69, 9.17) is 9.47 Å². The second-order valence-corrected chi connectivity index (χ2v) is 7.71. The van der Waals surface area contributed by atoms with Gasteiger partial charge in [-0.1, -0.05) is 26.0 Å². The second-order valence-electron chi connectivity index (χ2n) is 7.71. The highest BCUT2D eigenvalue weighted by Gasteiger charge is 2.38. The number of imidazole rings is 1. The first kappa shape index (κ1) is 21.3. The first-order valence-electron chi connectivity index (χ1n) is 10.4. The van der Waals surface area contributed by atoms with Gasteiger partial charge < -0.3 is 24.9 Å². The SMILES string of the molecule is CCO[C@@H]1OC(C(=O)NCc2nc3ccccc3[nH]2)=C[C@H](C(C)C)[C@@H]1CCCO. The minimum Gasteiger partial charge on any atom is -0.459 e. The summed E-state index contributed by atoms with van der Waals surface area (Å²) in [6, 6.07) is 7.75. The van der Waals surface area contributed by atoms with E-state index in [9.17, 15) is 9.90 Å². The van der Waals surface area contributed by atoms with Crippen molar-refractivity contribution in [2.75, 3.05) is 13.2 Å². The van der Waals surface area contributed by atoms with Crippen LogP contribution in [-0.4, -0.2) is 40.5 Å². The molecule has 1 aromatic carbocycles. The summed E-state index contributed by atoms with van der Waals surface area (Å²) in [5.74, 6) is 1.27. The topological polar surface area (TPSA) is 96.5 Å². The monoisotopic (exact) mass is 401 g/mol. The van der Waals surface area contributed by atoms with Crippen LogP contribution in [0.3, 0.4) is 0 Å². The number of hydrogen-bond acceptors (Lipinski definition) is 5. The van der Waals surface area contributed by atoms with Crippen molar-refractivity contribution in [1.29, 1.82) is 0 Å². The number of nitrogens with one attached hydrogen (secondary N) is 2. The maximum atomic E-state index is 12.8. The molecule has 7 nitrogen and oxygen atoms in total. The number of hydrogen-bond donors (Lipinski definition) is 3. The summed E-state index contributed by atoms with van der Waals surface area (Å²) in [4.78, 5) is 20.5. The quantitative estimate of drug-likeness (QED) is 0.600. The van der Waals surface area contributed by atoms with Crippen LogP contribution in [0.1, 0.15) is 39.4 Å². The second kappa shape index (κ2) is 9.89. The van der Waals surface area contributed by atoms with Gasteiger partial charge in [0.2, 0.25) is 6.29 Å². The van der Waals surface area contributed by atoms with Crippen LogP contribution >= 0.6 is 0 Å². The minimum absolute atomic E-state index is 0.106. The number of H-pyrrole nitrogens is 1. The van der Waals surface area contributed by atoms with E-state index in [0.29, 0.717) is 30.5 Å². The van der Waals surface area contributed by atoms with E-state index in [-0.39, 0.29) is 30.9 Å². The van der Waals surface area contributed by atoms with Gasteiger partial charge in [0.1, 0.15) is 5.82 Å². The lowest BCUT2D eigenvalue weighted by Crippen LogP contribution is -2.41. The molecule has 0 radical (unpaired) electrons. The summed E-state index contributed by atoms with van der Waals surface area (Å²) in [5.41, 5.74) is 1.81. The normalized spacial score (nSPS) is 21.8. The number of aliphatic hydroxyl groups is 1. The number of allylic oxidation sites excluding steroid dienone is 1. The largest absolute Gasteiger partial charge is 0.459 e. The number of amides is 1. The fourth-order valence-electron chi connectivity index (χ4n) is 3.87. The van der Waals surface area contributed by atoms with Gasteiger partial charge in [0.25, 0.3) is 5.91 Å². The number of aromatic nitrogens is 2. The molecule has 2 heterocycles. The van der Waals surface area contributed by atoms with Crippen LogP contribution < -0.4 is 5.32 Å². The third-order valence-electron chi connectivity index (χ3n) is 5.31. The molecule has 1 aliphatic heterocycles. The van der Waals surface area contributed by atoms with Gasteiger partial charge in [0, 0.05) is 19.1 Å². The van der Waals surface area contributed by atoms with E-state index in [2.05, 4.69) is 29.1 Å². The van der Waals surface area contributed by atoms with Gasteiger partial charge in [-0.2, -0.15) is 0 Å². The Morgan fingerprint density at radius 2 is 2.17 bits per heavy atom. The molecule has 1 aromatic heterocycles. The highest BCUT2D eigenvalue weighted by Crippen LogP contribution is 2.37. The van der Waals surface area contributed by atoms with E-state index in [1.165, 1.54) is 0 Å². The molecule has 3 atom stereocenters. The molecule has 3 N–H and O–H groups in total. The summed E-state index contributed by atoms with van der Waals surface area (Å²) >= 11 is 0. The molecule has 2 aromatic rings. The van der Waals surface area contributed by atoms with Crippen LogP contribution in [0.25, 0.3) is 11.0 Å². The Labute approximate surface area is 171 Å². The highest BCUT2D eigenvalue weighted by atomic mass is 16.7. The third-order valence-corrected chi connectivity index (χ3v) is 5.31. The molecule has 0 saturated heterocycles. The zero-order valence-corrected chi connectivity index (χ0v) is 17.4. The van der Waals surface area contributed by atoms with E-state index >= 15 is 0 Å². The molecular formula is C22H31N3O4. The maximum absolute atomic E-state index is 12.8. The maximum Gasteiger partial charge on any atom is 0.286 e. The molecule has 7 heteroatoms. The number of nitrogens with zero attached hydrogens (tertiary/aromatic N) is 1. The number of aromatic amines is 1. The Kier molecular flexibility index (Phi) is 7.28. The molecule has 1 aliphatic rings. The Balaban J connectivity index is 1.71. The van der Waals surface area contributed by atoms with Gasteiger partial charge in [-0.25, -0.2) is 4.98 Å². The summed E-state index contributed by atoms with van der Waals surface area (Å²) in [6.45, 7) is 7.09. The minimum atomic E-state index is -0.490. The van der Waals surface area contributed by atoms with Crippen LogP contribution in [0, 0.1) is 17.8 Å². The summed E-state index contributed by atoms with van der Waals surface area (Å²) < 4.78 is 11.8. The van der Waals surface area contributed by atoms with E-state index in [0.717, 1.165) is 17.5 Å². The molecular weight excluding hydrogens is 370 g/mol. The summed E-state index contributed by atoms with van der Waals surface area (Å²) in [7, 11) is 0. The zero-order valence-electron chi connectivity index (χ0n) is 17.4. The number of para-hydroxylation sites is 2. The molecule has 0 aliphatic carbocycles. The van der Waals surface area contributed by atoms with Crippen molar-refractivity contribution in [3.8, 4) is 0 Å². The Morgan fingerprint density at radius 1 is 1.38 bits per heavy atom. The first-order chi connectivity index (χ1) is 14.0. The standard InChI is InChI=1S/C22H31N3O4/c1-4-28-22-15(8-7-11-26)16(14(2)3)12-19(29-22)21(27)23-13-20-24-17-9-5-6-10-18(17)25-20/h5-6,9-10,12,14-16,22,26H,4,7-8,11,13H2,1-3H3,(H,23,27)(H,24,25)/t15-,16+,22+/m0/s1. The van der Waals surface area contributed by atoms with E-state index < -0.39 is 6.29 Å². The molecule has 3 rings (SSSR count). The number of carbonyl (C=O) groups excluding carboxylic acids is 1. The molecule has 0 spiro atoms. The number of aliphatic hydroxyl groups excluding tert-OH is 1. The fraction of sp³-hybridized carbons (Fsp3) is 0.545. The van der Waals surface area contributed by atoms with Crippen molar-refractivity contribution >= 4 is 16.9 Å². The van der Waals surface area contributed by atoms with Crippen LogP contribution in [0.5, 0.6) is 0 Å². The predicted octanol–water partition coefficient (Wildman–Crippen LogP) is 3.12. The number of ether oxygens (including phenoxy) is 2. The summed E-state index contributed by atoms with van der Waals surface area (Å²) in [6.07, 6.45) is 2.89. The van der Waals surface area contributed by atoms with Crippen molar-refractivity contribution in [1.82, 2.24) is 15.3 Å². The lowest BCUT2D eigenvalue weighted by Gasteiger charge is -2.38. The van der Waals surface area contributed by atoms with Gasteiger partial charge in [0.15, 0.2) is 5.76 Å². The van der Waals surface area contributed by atoms with Gasteiger partial charge in [-0.3, -0.25) is 4.79 Å². The van der Waals surface area contributed by atoms with Crippen LogP contribution in [0.15, 0.2) is 36.1 Å². The lowest BCUT2D eigenvalue weighted by atomic mass is 9.78. The van der Waals surface area contributed by atoms with Gasteiger partial charge in [-0.15, -0.1) is 0 Å². The smallest absolute Gasteiger partial charge is 0.286 e. The van der Waals surface area contributed by atoms with Crippen molar-refractivity contribution in [2.24, 2.45) is 17.8 Å². The van der Waals surface area contributed by atoms with Gasteiger partial charge in [-0.05, 0) is 49.8 Å². The molecule has 1 amide bonds. The number of benzene rings is 1. The van der Waals surface area contributed by atoms with E-state index in [1.54, 1.807) is 0 Å². The first-order valence-corrected chi connectivity index (χ1v) is 10.4. The van der Waals surface area contributed by atoms with Gasteiger partial charge >= 0.3 is 0 Å². The van der Waals surface area contributed by atoms with Crippen molar-refractivity contribution in [3.63, 3.8) is 0 Å². The summed E-state index contributed by atoms with van der Waals surface area (Å²) in [5, 5.41) is 12.1. The fourth-order valence-corrected chi connectivity index (χ4v) is 3.87. The molecule has 158 valence electrons. The van der Waals surface area contributed by atoms with Crippen molar-refractivity contribution < 1.29 is 19.4 Å². The third kappa shape index (κ3) is 5.16. The number of fused-ring (bicyclic) bond motifs is 1. The molecule has 0 saturated carbocycles. The molecule has 29 heavy (non-hydrogen) atoms. The molecule has 0 bridgehead atoms. The lowest BCUT2D eigenvalue weighted by molar-refractivity contribution is -0.175. The van der Waals surface area contributed by atoms with Crippen molar-refractivity contribution in [3.05, 3.63) is 41.9 Å². The Bertz CT molecular complexity index is 812. The van der Waals surface area contributed by atoms with Crippen LogP contribution in [0.2, 0.25) is 0 Å². The highest BCUT2D eigenvalue weighted by molar-refractivity contribution is 5.91. The average Bonchev–Trinajstić information content (AvgIpc) is 3.13. The molecule has 0 unspecified atom stereocenters. The zero-order chi connectivity index (χ0) is 20.8. The van der Waals surface area contributed by atoms with Crippen molar-refractivity contribution in [2.45, 2.75) is 46.4 Å². The molecule has 0 fully saturated rings. The van der Waals surface area contributed by atoms with Crippen LogP contribution in [0.4, 0.5) is 0 Å². The van der Waals surface area contributed by atoms with Gasteiger partial charge in [0.05, 0.1) is 17.6 Å². The average molecular weight is 402 g/mol. The Hall–Kier alpha value is -2.38. The number of rotatable bonds is 9.